The Balaban J connectivity index is 2.13. The van der Waals surface area contributed by atoms with Crippen LogP contribution in [0.4, 0.5) is 0 Å². The summed E-state index contributed by atoms with van der Waals surface area (Å²) < 4.78 is 0. The molecule has 13 heavy (non-hydrogen) atoms. The van der Waals surface area contributed by atoms with E-state index in [2.05, 4.69) is 17.4 Å². The number of nitrogens with one attached hydrogen (secondary N) is 1. The van der Waals surface area contributed by atoms with Gasteiger partial charge in [-0.05, 0) is 25.5 Å². The molecule has 0 heterocycles. The zero-order valence-electron chi connectivity index (χ0n) is 8.03. The predicted molar refractivity (Wildman–Crippen MR) is 54.4 cm³/mol. The molecule has 0 aliphatic rings. The Kier molecular flexibility index (Phi) is 4.50. The first-order valence-corrected chi connectivity index (χ1v) is 4.72. The minimum absolute atomic E-state index is 0.205. The molecule has 0 fully saturated rings. The molecule has 0 saturated heterocycles. The van der Waals surface area contributed by atoms with Gasteiger partial charge in [0.05, 0.1) is 6.10 Å². The molecule has 0 aliphatic carbocycles. The molecule has 0 amide bonds. The zero-order valence-corrected chi connectivity index (χ0v) is 8.03. The first-order chi connectivity index (χ1) is 6.29. The van der Waals surface area contributed by atoms with E-state index in [4.69, 9.17) is 5.11 Å². The summed E-state index contributed by atoms with van der Waals surface area (Å²) in [7, 11) is 0. The Bertz CT molecular complexity index is 221. The Morgan fingerprint density at radius 1 is 1.31 bits per heavy atom. The van der Waals surface area contributed by atoms with Gasteiger partial charge in [0.25, 0.3) is 0 Å². The molecule has 2 N–H and O–H groups in total. The molecule has 1 rings (SSSR count). The Hall–Kier alpha value is -0.860. The SMILES string of the molecule is C[C@@H](O)CCNCc1ccccc1. The summed E-state index contributed by atoms with van der Waals surface area (Å²) in [5.41, 5.74) is 1.29. The molecule has 1 aromatic carbocycles. The van der Waals surface area contributed by atoms with Crippen LogP contribution in [0.5, 0.6) is 0 Å². The predicted octanol–water partition coefficient (Wildman–Crippen LogP) is 1.55. The highest BCUT2D eigenvalue weighted by atomic mass is 16.3. The van der Waals surface area contributed by atoms with Gasteiger partial charge >= 0.3 is 0 Å². The summed E-state index contributed by atoms with van der Waals surface area (Å²) in [6.07, 6.45) is 0.607. The van der Waals surface area contributed by atoms with Gasteiger partial charge < -0.3 is 10.4 Å². The van der Waals surface area contributed by atoms with Crippen LogP contribution in [0.1, 0.15) is 18.9 Å². The first-order valence-electron chi connectivity index (χ1n) is 4.72. The monoisotopic (exact) mass is 179 g/mol. The van der Waals surface area contributed by atoms with Gasteiger partial charge in [0, 0.05) is 6.54 Å². The fraction of sp³-hybridized carbons (Fsp3) is 0.455. The van der Waals surface area contributed by atoms with Gasteiger partial charge in [0.1, 0.15) is 0 Å². The average molecular weight is 179 g/mol. The van der Waals surface area contributed by atoms with E-state index in [1.807, 2.05) is 25.1 Å². The summed E-state index contributed by atoms with van der Waals surface area (Å²) in [5.74, 6) is 0. The van der Waals surface area contributed by atoms with Crippen LogP contribution in [0.3, 0.4) is 0 Å². The summed E-state index contributed by atoms with van der Waals surface area (Å²) in [4.78, 5) is 0. The molecular formula is C11H17NO. The van der Waals surface area contributed by atoms with E-state index in [9.17, 15) is 0 Å². The molecular weight excluding hydrogens is 162 g/mol. The van der Waals surface area contributed by atoms with E-state index in [1.54, 1.807) is 0 Å². The Labute approximate surface area is 79.6 Å². The fourth-order valence-electron chi connectivity index (χ4n) is 1.14. The summed E-state index contributed by atoms with van der Waals surface area (Å²) in [6, 6.07) is 10.3. The van der Waals surface area contributed by atoms with Crippen LogP contribution in [0, 0.1) is 0 Å². The van der Waals surface area contributed by atoms with Crippen molar-refractivity contribution in [3.8, 4) is 0 Å². The lowest BCUT2D eigenvalue weighted by atomic mass is 10.2. The van der Waals surface area contributed by atoms with Gasteiger partial charge in [-0.25, -0.2) is 0 Å². The van der Waals surface area contributed by atoms with E-state index in [-0.39, 0.29) is 6.10 Å². The molecule has 0 unspecified atom stereocenters. The van der Waals surface area contributed by atoms with Crippen molar-refractivity contribution in [1.82, 2.24) is 5.32 Å². The van der Waals surface area contributed by atoms with Gasteiger partial charge in [-0.2, -0.15) is 0 Å². The number of aliphatic hydroxyl groups is 1. The van der Waals surface area contributed by atoms with Crippen molar-refractivity contribution in [1.29, 1.82) is 0 Å². The maximum atomic E-state index is 9.01. The third-order valence-electron chi connectivity index (χ3n) is 1.91. The van der Waals surface area contributed by atoms with Gasteiger partial charge in [0.2, 0.25) is 0 Å². The molecule has 0 radical (unpaired) electrons. The third-order valence-corrected chi connectivity index (χ3v) is 1.91. The number of rotatable bonds is 5. The van der Waals surface area contributed by atoms with Crippen molar-refractivity contribution in [2.75, 3.05) is 6.54 Å². The van der Waals surface area contributed by atoms with E-state index in [0.717, 1.165) is 19.5 Å². The van der Waals surface area contributed by atoms with Crippen molar-refractivity contribution >= 4 is 0 Å². The normalized spacial score (nSPS) is 12.8. The van der Waals surface area contributed by atoms with Crippen LogP contribution in [-0.4, -0.2) is 17.8 Å². The van der Waals surface area contributed by atoms with E-state index >= 15 is 0 Å². The number of benzene rings is 1. The molecule has 0 saturated carbocycles. The molecule has 1 aromatic rings. The minimum Gasteiger partial charge on any atom is -0.393 e. The first kappa shape index (κ1) is 10.2. The number of hydrogen-bond acceptors (Lipinski definition) is 2. The fourth-order valence-corrected chi connectivity index (χ4v) is 1.14. The molecule has 1 atom stereocenters. The van der Waals surface area contributed by atoms with E-state index in [0.29, 0.717) is 0 Å². The van der Waals surface area contributed by atoms with Gasteiger partial charge in [0.15, 0.2) is 0 Å². The highest BCUT2D eigenvalue weighted by Gasteiger charge is 1.94. The topological polar surface area (TPSA) is 32.3 Å². The Morgan fingerprint density at radius 3 is 2.62 bits per heavy atom. The van der Waals surface area contributed by atoms with Crippen molar-refractivity contribution < 1.29 is 5.11 Å². The second-order valence-corrected chi connectivity index (χ2v) is 3.30. The standard InChI is InChI=1S/C11H17NO/c1-10(13)7-8-12-9-11-5-3-2-4-6-11/h2-6,10,12-13H,7-9H2,1H3/t10-/m1/s1. The number of hydrogen-bond donors (Lipinski definition) is 2. The second kappa shape index (κ2) is 5.73. The maximum absolute atomic E-state index is 9.01. The van der Waals surface area contributed by atoms with Crippen LogP contribution in [0.25, 0.3) is 0 Å². The molecule has 2 heteroatoms. The summed E-state index contributed by atoms with van der Waals surface area (Å²) in [5, 5.41) is 12.3. The van der Waals surface area contributed by atoms with Gasteiger partial charge in [-0.15, -0.1) is 0 Å². The second-order valence-electron chi connectivity index (χ2n) is 3.30. The molecule has 0 bridgehead atoms. The molecule has 0 aromatic heterocycles. The molecule has 0 spiro atoms. The van der Waals surface area contributed by atoms with Crippen molar-refractivity contribution in [2.24, 2.45) is 0 Å². The highest BCUT2D eigenvalue weighted by molar-refractivity contribution is 5.14. The van der Waals surface area contributed by atoms with Crippen LogP contribution in [-0.2, 0) is 6.54 Å². The zero-order chi connectivity index (χ0) is 9.52. The Morgan fingerprint density at radius 2 is 2.00 bits per heavy atom. The summed E-state index contributed by atoms with van der Waals surface area (Å²) in [6.45, 7) is 3.56. The maximum Gasteiger partial charge on any atom is 0.0524 e. The minimum atomic E-state index is -0.205. The molecule has 2 nitrogen and oxygen atoms in total. The highest BCUT2D eigenvalue weighted by Crippen LogP contribution is 1.97. The van der Waals surface area contributed by atoms with E-state index in [1.165, 1.54) is 5.56 Å². The van der Waals surface area contributed by atoms with Crippen molar-refractivity contribution in [3.05, 3.63) is 35.9 Å². The smallest absolute Gasteiger partial charge is 0.0524 e. The van der Waals surface area contributed by atoms with Gasteiger partial charge in [-0.3, -0.25) is 0 Å². The van der Waals surface area contributed by atoms with Crippen molar-refractivity contribution in [3.63, 3.8) is 0 Å². The lowest BCUT2D eigenvalue weighted by Crippen LogP contribution is -2.18. The van der Waals surface area contributed by atoms with Crippen LogP contribution in [0.15, 0.2) is 30.3 Å². The van der Waals surface area contributed by atoms with Crippen molar-refractivity contribution in [2.45, 2.75) is 26.0 Å². The number of aliphatic hydroxyl groups excluding tert-OH is 1. The largest absolute Gasteiger partial charge is 0.393 e. The van der Waals surface area contributed by atoms with Gasteiger partial charge in [-0.1, -0.05) is 30.3 Å². The molecule has 72 valence electrons. The summed E-state index contributed by atoms with van der Waals surface area (Å²) >= 11 is 0. The lowest BCUT2D eigenvalue weighted by molar-refractivity contribution is 0.183. The van der Waals surface area contributed by atoms with E-state index < -0.39 is 0 Å². The quantitative estimate of drug-likeness (QED) is 0.672. The third kappa shape index (κ3) is 4.65. The van der Waals surface area contributed by atoms with Crippen LogP contribution >= 0.6 is 0 Å². The lowest BCUT2D eigenvalue weighted by Gasteiger charge is -2.06. The van der Waals surface area contributed by atoms with Crippen LogP contribution in [0.2, 0.25) is 0 Å². The molecule has 0 aliphatic heterocycles. The average Bonchev–Trinajstić information content (AvgIpc) is 2.14. The van der Waals surface area contributed by atoms with Crippen LogP contribution < -0.4 is 5.32 Å².